The van der Waals surface area contributed by atoms with Crippen LogP contribution in [0.2, 0.25) is 0 Å². The van der Waals surface area contributed by atoms with Crippen LogP contribution in [0.5, 0.6) is 5.75 Å². The topological polar surface area (TPSA) is 80.7 Å². The second-order valence-corrected chi connectivity index (χ2v) is 7.65. The van der Waals surface area contributed by atoms with Gasteiger partial charge in [-0.15, -0.1) is 0 Å². The molecule has 7 heteroatoms. The van der Waals surface area contributed by atoms with E-state index in [9.17, 15) is 4.79 Å². The predicted molar refractivity (Wildman–Crippen MR) is 118 cm³/mol. The number of aryl methyl sites for hydroxylation is 1. The molecule has 4 aromatic rings. The zero-order chi connectivity index (χ0) is 20.7. The van der Waals surface area contributed by atoms with Crippen LogP contribution < -0.4 is 15.6 Å². The maximum absolute atomic E-state index is 13.0. The Hall–Kier alpha value is -3.32. The number of aromatic nitrogens is 3. The Bertz CT molecular complexity index is 1290. The van der Waals surface area contributed by atoms with E-state index in [1.807, 2.05) is 49.4 Å². The monoisotopic (exact) mass is 404 g/mol. The van der Waals surface area contributed by atoms with E-state index in [1.165, 1.54) is 0 Å². The van der Waals surface area contributed by atoms with Gasteiger partial charge in [-0.25, -0.2) is 4.98 Å². The summed E-state index contributed by atoms with van der Waals surface area (Å²) in [5, 5.41) is 4.43. The first-order chi connectivity index (χ1) is 14.6. The fourth-order valence-corrected chi connectivity index (χ4v) is 4.10. The van der Waals surface area contributed by atoms with Crippen LogP contribution in [0.3, 0.4) is 0 Å². The number of H-pyrrole nitrogens is 1. The zero-order valence-corrected chi connectivity index (χ0v) is 17.1. The normalized spacial score (nSPS) is 16.4. The van der Waals surface area contributed by atoms with Gasteiger partial charge in [-0.1, -0.05) is 6.07 Å². The van der Waals surface area contributed by atoms with E-state index < -0.39 is 0 Å². The first-order valence-corrected chi connectivity index (χ1v) is 10.2. The summed E-state index contributed by atoms with van der Waals surface area (Å²) in [6, 6.07) is 13.5. The summed E-state index contributed by atoms with van der Waals surface area (Å²) >= 11 is 0. The summed E-state index contributed by atoms with van der Waals surface area (Å²) in [5.74, 6) is 1.52. The number of imidazole rings is 1. The number of nitrogens with one attached hydrogen (secondary N) is 2. The van der Waals surface area contributed by atoms with Crippen LogP contribution in [0, 0.1) is 6.92 Å². The average Bonchev–Trinajstić information content (AvgIpc) is 3.39. The number of anilines is 1. The van der Waals surface area contributed by atoms with Gasteiger partial charge in [0.05, 0.1) is 24.3 Å². The van der Waals surface area contributed by atoms with Crippen LogP contribution in [0.25, 0.3) is 27.8 Å². The van der Waals surface area contributed by atoms with Gasteiger partial charge in [-0.3, -0.25) is 9.20 Å². The fraction of sp³-hybridized carbons (Fsp3) is 0.304. The van der Waals surface area contributed by atoms with Gasteiger partial charge >= 0.3 is 0 Å². The number of ether oxygens (including phenoxy) is 2. The van der Waals surface area contributed by atoms with E-state index in [0.717, 1.165) is 47.5 Å². The Morgan fingerprint density at radius 2 is 2.20 bits per heavy atom. The molecule has 154 valence electrons. The molecule has 1 fully saturated rings. The van der Waals surface area contributed by atoms with E-state index in [4.69, 9.17) is 14.5 Å². The molecule has 5 rings (SSSR count). The highest BCUT2D eigenvalue weighted by Gasteiger charge is 2.21. The lowest BCUT2D eigenvalue weighted by Gasteiger charge is -2.14. The third-order valence-corrected chi connectivity index (χ3v) is 5.67. The molecule has 1 aliphatic rings. The van der Waals surface area contributed by atoms with E-state index in [2.05, 4.69) is 14.7 Å². The molecule has 0 spiro atoms. The van der Waals surface area contributed by atoms with E-state index >= 15 is 0 Å². The summed E-state index contributed by atoms with van der Waals surface area (Å²) in [6.45, 7) is 3.52. The van der Waals surface area contributed by atoms with Crippen molar-refractivity contribution >= 4 is 22.4 Å². The quantitative estimate of drug-likeness (QED) is 0.530. The van der Waals surface area contributed by atoms with Crippen LogP contribution >= 0.6 is 0 Å². The van der Waals surface area contributed by atoms with Crippen LogP contribution in [0.4, 0.5) is 5.82 Å². The van der Waals surface area contributed by atoms with Crippen molar-refractivity contribution in [3.05, 3.63) is 58.5 Å². The number of nitrogens with zero attached hydrogens (tertiary/aromatic N) is 2. The number of rotatable bonds is 5. The molecule has 3 aromatic heterocycles. The fourth-order valence-electron chi connectivity index (χ4n) is 4.10. The highest BCUT2D eigenvalue weighted by molar-refractivity contribution is 5.87. The highest BCUT2D eigenvalue weighted by Crippen LogP contribution is 2.30. The highest BCUT2D eigenvalue weighted by atomic mass is 16.5. The molecule has 7 nitrogen and oxygen atoms in total. The molecular formula is C23H24N4O3. The first kappa shape index (κ1) is 18.7. The van der Waals surface area contributed by atoms with Crippen molar-refractivity contribution in [3.8, 4) is 17.0 Å². The van der Waals surface area contributed by atoms with Crippen LogP contribution in [-0.4, -0.2) is 40.7 Å². The number of hydrogen-bond donors (Lipinski definition) is 2. The van der Waals surface area contributed by atoms with Crippen molar-refractivity contribution in [2.45, 2.75) is 25.9 Å². The van der Waals surface area contributed by atoms with E-state index in [0.29, 0.717) is 23.6 Å². The van der Waals surface area contributed by atoms with Crippen molar-refractivity contribution in [2.75, 3.05) is 25.6 Å². The minimum Gasteiger partial charge on any atom is -0.497 e. The summed E-state index contributed by atoms with van der Waals surface area (Å²) in [4.78, 5) is 20.8. The Balaban J connectivity index is 1.66. The second-order valence-electron chi connectivity index (χ2n) is 7.65. The number of benzene rings is 1. The van der Waals surface area contributed by atoms with Crippen LogP contribution in [-0.2, 0) is 4.74 Å². The summed E-state index contributed by atoms with van der Waals surface area (Å²) < 4.78 is 13.1. The Morgan fingerprint density at radius 1 is 1.30 bits per heavy atom. The maximum Gasteiger partial charge on any atom is 0.258 e. The third kappa shape index (κ3) is 3.21. The predicted octanol–water partition coefficient (Wildman–Crippen LogP) is 3.75. The SMILES string of the molecule is COc1ccc2cc(-c3nc4cccc(C)n4c3NCC3CCCO3)c(=O)[nH]c2c1. The molecule has 1 aliphatic heterocycles. The molecule has 1 aromatic carbocycles. The molecule has 0 aliphatic carbocycles. The van der Waals surface area contributed by atoms with E-state index in [1.54, 1.807) is 7.11 Å². The van der Waals surface area contributed by atoms with Crippen molar-refractivity contribution < 1.29 is 9.47 Å². The molecular weight excluding hydrogens is 380 g/mol. The van der Waals surface area contributed by atoms with Crippen molar-refractivity contribution in [1.82, 2.24) is 14.4 Å². The first-order valence-electron chi connectivity index (χ1n) is 10.2. The van der Waals surface area contributed by atoms with Crippen LogP contribution in [0.1, 0.15) is 18.5 Å². The molecule has 0 radical (unpaired) electrons. The van der Waals surface area contributed by atoms with Crippen molar-refractivity contribution in [1.29, 1.82) is 0 Å². The molecule has 1 atom stereocenters. The minimum atomic E-state index is -0.183. The van der Waals surface area contributed by atoms with Crippen molar-refractivity contribution in [3.63, 3.8) is 0 Å². The van der Waals surface area contributed by atoms with Gasteiger partial charge in [0.1, 0.15) is 22.9 Å². The van der Waals surface area contributed by atoms with Gasteiger partial charge in [0, 0.05) is 24.9 Å². The smallest absolute Gasteiger partial charge is 0.258 e. The second kappa shape index (κ2) is 7.50. The Morgan fingerprint density at radius 3 is 3.00 bits per heavy atom. The van der Waals surface area contributed by atoms with Crippen LogP contribution in [0.15, 0.2) is 47.3 Å². The van der Waals surface area contributed by atoms with Gasteiger partial charge in [-0.2, -0.15) is 0 Å². The number of hydrogen-bond acceptors (Lipinski definition) is 5. The molecule has 1 unspecified atom stereocenters. The largest absolute Gasteiger partial charge is 0.497 e. The Kier molecular flexibility index (Phi) is 4.67. The lowest BCUT2D eigenvalue weighted by Crippen LogP contribution is -2.20. The lowest BCUT2D eigenvalue weighted by atomic mass is 10.1. The number of aromatic amines is 1. The van der Waals surface area contributed by atoms with Gasteiger partial charge < -0.3 is 19.8 Å². The number of methoxy groups -OCH3 is 1. The Labute approximate surface area is 173 Å². The minimum absolute atomic E-state index is 0.176. The number of fused-ring (bicyclic) bond motifs is 2. The molecule has 1 saturated heterocycles. The molecule has 0 bridgehead atoms. The lowest BCUT2D eigenvalue weighted by molar-refractivity contribution is 0.120. The maximum atomic E-state index is 13.0. The van der Waals surface area contributed by atoms with Gasteiger partial charge in [0.15, 0.2) is 0 Å². The molecule has 2 N–H and O–H groups in total. The molecule has 0 saturated carbocycles. The molecule has 4 heterocycles. The van der Waals surface area contributed by atoms with Gasteiger partial charge in [0.25, 0.3) is 5.56 Å². The third-order valence-electron chi connectivity index (χ3n) is 5.67. The number of pyridine rings is 2. The van der Waals surface area contributed by atoms with E-state index in [-0.39, 0.29) is 11.7 Å². The van der Waals surface area contributed by atoms with Gasteiger partial charge in [-0.05, 0) is 55.5 Å². The standard InChI is InChI=1S/C23H24N4O3/c1-14-5-3-7-20-26-21(22(27(14)20)24-13-17-6-4-10-30-17)18-11-15-8-9-16(29-2)12-19(15)25-23(18)28/h3,5,7-9,11-12,17,24H,4,6,10,13H2,1-2H3,(H,25,28). The average molecular weight is 404 g/mol. The van der Waals surface area contributed by atoms with Crippen molar-refractivity contribution in [2.24, 2.45) is 0 Å². The van der Waals surface area contributed by atoms with Gasteiger partial charge in [0.2, 0.25) is 0 Å². The zero-order valence-electron chi connectivity index (χ0n) is 17.1. The molecule has 30 heavy (non-hydrogen) atoms. The molecule has 0 amide bonds. The summed E-state index contributed by atoms with van der Waals surface area (Å²) in [7, 11) is 1.61. The summed E-state index contributed by atoms with van der Waals surface area (Å²) in [6.07, 6.45) is 2.30. The summed E-state index contributed by atoms with van der Waals surface area (Å²) in [5.41, 5.74) is 3.57.